The quantitative estimate of drug-likeness (QED) is 0.877. The highest BCUT2D eigenvalue weighted by atomic mass is 35.5. The number of rotatable bonds is 6. The van der Waals surface area contributed by atoms with E-state index in [-0.39, 0.29) is 11.4 Å². The maximum absolute atomic E-state index is 11.9. The van der Waals surface area contributed by atoms with Crippen LogP contribution in [0.1, 0.15) is 20.8 Å². The molecule has 0 radical (unpaired) electrons. The molecule has 112 valence electrons. The highest BCUT2D eigenvalue weighted by Gasteiger charge is 2.14. The molecule has 0 aliphatic rings. The first-order chi connectivity index (χ1) is 9.28. The number of benzene rings is 1. The fourth-order valence-electron chi connectivity index (χ4n) is 1.46. The van der Waals surface area contributed by atoms with Crippen molar-refractivity contribution in [3.05, 3.63) is 29.3 Å². The lowest BCUT2D eigenvalue weighted by atomic mass is 10.1. The minimum atomic E-state index is -0.0617. The summed E-state index contributed by atoms with van der Waals surface area (Å²) in [6.07, 6.45) is 0. The zero-order valence-corrected chi connectivity index (χ0v) is 13.3. The Bertz CT molecular complexity index is 444. The topological polar surface area (TPSA) is 41.6 Å². The summed E-state index contributed by atoms with van der Waals surface area (Å²) in [6, 6.07) is 7.22. The third-order valence-electron chi connectivity index (χ3n) is 2.69. The van der Waals surface area contributed by atoms with Crippen LogP contribution in [0.15, 0.2) is 24.3 Å². The van der Waals surface area contributed by atoms with E-state index in [1.165, 1.54) is 0 Å². The minimum Gasteiger partial charge on any atom is -0.492 e. The standard InChI is InChI=1S/C15H23ClN2O2/c1-15(2,3)17-11-14(19)18(4)8-9-20-13-7-5-6-12(16)10-13/h5-7,10,17H,8-9,11H2,1-4H3. The Kier molecular flexibility index (Phi) is 6.30. The Hall–Kier alpha value is -1.26. The summed E-state index contributed by atoms with van der Waals surface area (Å²) in [5, 5.41) is 3.81. The monoisotopic (exact) mass is 298 g/mol. The predicted molar refractivity (Wildman–Crippen MR) is 82.3 cm³/mol. The lowest BCUT2D eigenvalue weighted by Gasteiger charge is -2.23. The van der Waals surface area contributed by atoms with Gasteiger partial charge in [0.25, 0.3) is 0 Å². The van der Waals surface area contributed by atoms with E-state index in [2.05, 4.69) is 5.32 Å². The van der Waals surface area contributed by atoms with Crippen LogP contribution in [-0.2, 0) is 4.79 Å². The average molecular weight is 299 g/mol. The third kappa shape index (κ3) is 6.78. The third-order valence-corrected chi connectivity index (χ3v) is 2.92. The number of likely N-dealkylation sites (N-methyl/N-ethyl adjacent to an activating group) is 1. The minimum absolute atomic E-state index is 0.0506. The van der Waals surface area contributed by atoms with Crippen molar-refractivity contribution < 1.29 is 9.53 Å². The van der Waals surface area contributed by atoms with E-state index in [4.69, 9.17) is 16.3 Å². The van der Waals surface area contributed by atoms with Gasteiger partial charge in [-0.15, -0.1) is 0 Å². The van der Waals surface area contributed by atoms with Gasteiger partial charge in [-0.1, -0.05) is 17.7 Å². The number of hydrogen-bond donors (Lipinski definition) is 1. The van der Waals surface area contributed by atoms with Gasteiger partial charge in [-0.2, -0.15) is 0 Å². The fourth-order valence-corrected chi connectivity index (χ4v) is 1.64. The predicted octanol–water partition coefficient (Wildman–Crippen LogP) is 2.57. The van der Waals surface area contributed by atoms with Gasteiger partial charge < -0.3 is 15.0 Å². The van der Waals surface area contributed by atoms with Crippen molar-refractivity contribution in [1.82, 2.24) is 10.2 Å². The lowest BCUT2D eigenvalue weighted by Crippen LogP contribution is -2.44. The van der Waals surface area contributed by atoms with E-state index in [0.29, 0.717) is 30.5 Å². The molecule has 0 unspecified atom stereocenters. The average Bonchev–Trinajstić information content (AvgIpc) is 2.35. The van der Waals surface area contributed by atoms with Gasteiger partial charge in [0.15, 0.2) is 0 Å². The molecule has 4 nitrogen and oxygen atoms in total. The number of carbonyl (C=O) groups excluding carboxylic acids is 1. The molecule has 20 heavy (non-hydrogen) atoms. The van der Waals surface area contributed by atoms with Gasteiger partial charge in [-0.05, 0) is 39.0 Å². The summed E-state index contributed by atoms with van der Waals surface area (Å²) in [6.45, 7) is 7.40. The van der Waals surface area contributed by atoms with Crippen molar-refractivity contribution in [3.8, 4) is 5.75 Å². The Labute approximate surface area is 126 Å². The second-order valence-corrected chi connectivity index (χ2v) is 6.16. The molecule has 0 atom stereocenters. The normalized spacial score (nSPS) is 11.2. The molecule has 1 aromatic carbocycles. The summed E-state index contributed by atoms with van der Waals surface area (Å²) in [5.74, 6) is 0.765. The number of halogens is 1. The number of ether oxygens (including phenoxy) is 1. The van der Waals surface area contributed by atoms with Gasteiger partial charge in [0, 0.05) is 17.6 Å². The second kappa shape index (κ2) is 7.50. The van der Waals surface area contributed by atoms with Crippen molar-refractivity contribution in [2.75, 3.05) is 26.7 Å². The number of nitrogens with zero attached hydrogens (tertiary/aromatic N) is 1. The van der Waals surface area contributed by atoms with Crippen molar-refractivity contribution in [3.63, 3.8) is 0 Å². The van der Waals surface area contributed by atoms with Gasteiger partial charge >= 0.3 is 0 Å². The highest BCUT2D eigenvalue weighted by Crippen LogP contribution is 2.16. The van der Waals surface area contributed by atoms with Crippen LogP contribution in [0.4, 0.5) is 0 Å². The summed E-state index contributed by atoms with van der Waals surface area (Å²) in [5.41, 5.74) is -0.0617. The molecule has 1 aromatic rings. The van der Waals surface area contributed by atoms with Crippen LogP contribution in [-0.4, -0.2) is 43.1 Å². The molecule has 0 bridgehead atoms. The molecular weight excluding hydrogens is 276 g/mol. The van der Waals surface area contributed by atoms with Gasteiger partial charge in [0.05, 0.1) is 13.1 Å². The molecule has 0 saturated carbocycles. The first-order valence-electron chi connectivity index (χ1n) is 6.65. The van der Waals surface area contributed by atoms with Crippen LogP contribution in [0.3, 0.4) is 0 Å². The van der Waals surface area contributed by atoms with Gasteiger partial charge in [0.1, 0.15) is 12.4 Å². The fraction of sp³-hybridized carbons (Fsp3) is 0.533. The number of nitrogens with one attached hydrogen (secondary N) is 1. The van der Waals surface area contributed by atoms with E-state index in [9.17, 15) is 4.79 Å². The van der Waals surface area contributed by atoms with Crippen LogP contribution in [0.25, 0.3) is 0 Å². The SMILES string of the molecule is CN(CCOc1cccc(Cl)c1)C(=O)CNC(C)(C)C. The van der Waals surface area contributed by atoms with Gasteiger partial charge in [-0.25, -0.2) is 0 Å². The van der Waals surface area contributed by atoms with E-state index in [1.54, 1.807) is 24.1 Å². The molecule has 1 amide bonds. The molecule has 0 saturated heterocycles. The highest BCUT2D eigenvalue weighted by molar-refractivity contribution is 6.30. The van der Waals surface area contributed by atoms with Crippen molar-refractivity contribution in [2.45, 2.75) is 26.3 Å². The Morgan fingerprint density at radius 2 is 2.10 bits per heavy atom. The summed E-state index contributed by atoms with van der Waals surface area (Å²) >= 11 is 5.87. The number of hydrogen-bond acceptors (Lipinski definition) is 3. The zero-order chi connectivity index (χ0) is 15.2. The Morgan fingerprint density at radius 3 is 2.70 bits per heavy atom. The van der Waals surface area contributed by atoms with Crippen molar-refractivity contribution in [2.24, 2.45) is 0 Å². The van der Waals surface area contributed by atoms with Crippen LogP contribution in [0.5, 0.6) is 5.75 Å². The maximum Gasteiger partial charge on any atom is 0.236 e. The first-order valence-corrected chi connectivity index (χ1v) is 7.03. The molecule has 1 rings (SSSR count). The molecule has 1 N–H and O–H groups in total. The van der Waals surface area contributed by atoms with Crippen LogP contribution < -0.4 is 10.1 Å². The van der Waals surface area contributed by atoms with Gasteiger partial charge in [-0.3, -0.25) is 4.79 Å². The summed E-state index contributed by atoms with van der Waals surface area (Å²) in [7, 11) is 1.77. The second-order valence-electron chi connectivity index (χ2n) is 5.72. The largest absolute Gasteiger partial charge is 0.492 e. The number of carbonyl (C=O) groups is 1. The van der Waals surface area contributed by atoms with E-state index >= 15 is 0 Å². The molecule has 0 heterocycles. The van der Waals surface area contributed by atoms with E-state index in [1.807, 2.05) is 32.9 Å². The lowest BCUT2D eigenvalue weighted by molar-refractivity contribution is -0.129. The molecule has 0 aliphatic carbocycles. The molecule has 0 spiro atoms. The van der Waals surface area contributed by atoms with Crippen LogP contribution in [0, 0.1) is 0 Å². The summed E-state index contributed by atoms with van der Waals surface area (Å²) < 4.78 is 5.55. The summed E-state index contributed by atoms with van der Waals surface area (Å²) in [4.78, 5) is 13.5. The maximum atomic E-state index is 11.9. The molecular formula is C15H23ClN2O2. The molecule has 0 fully saturated rings. The van der Waals surface area contributed by atoms with E-state index < -0.39 is 0 Å². The molecule has 5 heteroatoms. The van der Waals surface area contributed by atoms with Crippen LogP contribution >= 0.6 is 11.6 Å². The number of amides is 1. The first kappa shape index (κ1) is 16.8. The molecule has 0 aromatic heterocycles. The van der Waals surface area contributed by atoms with Crippen molar-refractivity contribution >= 4 is 17.5 Å². The van der Waals surface area contributed by atoms with E-state index in [0.717, 1.165) is 0 Å². The van der Waals surface area contributed by atoms with Crippen molar-refractivity contribution in [1.29, 1.82) is 0 Å². The van der Waals surface area contributed by atoms with Gasteiger partial charge in [0.2, 0.25) is 5.91 Å². The Morgan fingerprint density at radius 1 is 1.40 bits per heavy atom. The molecule has 0 aliphatic heterocycles. The smallest absolute Gasteiger partial charge is 0.236 e. The zero-order valence-electron chi connectivity index (χ0n) is 12.6. The van der Waals surface area contributed by atoms with Crippen LogP contribution in [0.2, 0.25) is 5.02 Å². The Balaban J connectivity index is 2.29.